The summed E-state index contributed by atoms with van der Waals surface area (Å²) in [7, 11) is 0. The summed E-state index contributed by atoms with van der Waals surface area (Å²) in [4.78, 5) is 11.2. The number of aliphatic carboxylic acids is 1. The molecule has 1 aromatic rings. The Kier molecular flexibility index (Phi) is 5.75. The van der Waals surface area contributed by atoms with Gasteiger partial charge in [0.05, 0.1) is 18.8 Å². The molecule has 1 aromatic carbocycles. The highest BCUT2D eigenvalue weighted by Gasteiger charge is 2.53. The van der Waals surface area contributed by atoms with Crippen LogP contribution < -0.4 is 5.32 Å². The van der Waals surface area contributed by atoms with Crippen molar-refractivity contribution in [3.63, 3.8) is 0 Å². The van der Waals surface area contributed by atoms with E-state index in [0.29, 0.717) is 5.69 Å². The number of carboxylic acids is 1. The smallest absolute Gasteiger partial charge is 0.364 e. The Morgan fingerprint density at radius 2 is 1.96 bits per heavy atom. The SMILES string of the molecule is O=C(O)C1(O)C[C@H](O)[C@@H](Nc2ccccc2)[C@H](C(O)C(O)CO)O1. The second-order valence-corrected chi connectivity index (χ2v) is 5.72. The van der Waals surface area contributed by atoms with Gasteiger partial charge in [0.15, 0.2) is 0 Å². The number of carbonyl (C=O) groups is 1. The van der Waals surface area contributed by atoms with Crippen molar-refractivity contribution in [3.05, 3.63) is 30.3 Å². The van der Waals surface area contributed by atoms with E-state index in [0.717, 1.165) is 0 Å². The number of hydrogen-bond acceptors (Lipinski definition) is 8. The second-order valence-electron chi connectivity index (χ2n) is 5.72. The van der Waals surface area contributed by atoms with Crippen LogP contribution in [-0.4, -0.2) is 79.5 Å². The van der Waals surface area contributed by atoms with Gasteiger partial charge in [0.1, 0.15) is 18.3 Å². The molecule has 134 valence electrons. The third-order valence-electron chi connectivity index (χ3n) is 3.94. The van der Waals surface area contributed by atoms with Crippen molar-refractivity contribution in [2.45, 2.75) is 42.7 Å². The van der Waals surface area contributed by atoms with Crippen molar-refractivity contribution >= 4 is 11.7 Å². The zero-order chi connectivity index (χ0) is 17.9. The predicted octanol–water partition coefficient (Wildman–Crippen LogP) is -1.90. The van der Waals surface area contributed by atoms with Gasteiger partial charge in [-0.15, -0.1) is 0 Å². The Morgan fingerprint density at radius 3 is 2.50 bits per heavy atom. The monoisotopic (exact) mass is 343 g/mol. The lowest BCUT2D eigenvalue weighted by molar-refractivity contribution is -0.290. The summed E-state index contributed by atoms with van der Waals surface area (Å²) in [6.45, 7) is -0.805. The molecule has 0 saturated carbocycles. The third kappa shape index (κ3) is 3.83. The number of anilines is 1. The van der Waals surface area contributed by atoms with E-state index in [-0.39, 0.29) is 0 Å². The van der Waals surface area contributed by atoms with E-state index in [1.54, 1.807) is 30.3 Å². The highest BCUT2D eigenvalue weighted by molar-refractivity contribution is 5.75. The number of nitrogens with one attached hydrogen (secondary N) is 1. The molecular formula is C15H21NO8. The quantitative estimate of drug-likeness (QED) is 0.313. The first-order valence-corrected chi connectivity index (χ1v) is 7.38. The molecular weight excluding hydrogens is 322 g/mol. The van der Waals surface area contributed by atoms with E-state index in [1.807, 2.05) is 0 Å². The Balaban J connectivity index is 2.29. The van der Waals surface area contributed by atoms with E-state index in [2.05, 4.69) is 5.32 Å². The Hall–Kier alpha value is -1.75. The van der Waals surface area contributed by atoms with E-state index < -0.39 is 55.2 Å². The van der Waals surface area contributed by atoms with Crippen LogP contribution in [0, 0.1) is 0 Å². The Morgan fingerprint density at radius 1 is 1.33 bits per heavy atom. The normalized spacial score (nSPS) is 32.8. The van der Waals surface area contributed by atoms with Crippen LogP contribution in [0.2, 0.25) is 0 Å². The van der Waals surface area contributed by atoms with Crippen LogP contribution in [-0.2, 0) is 9.53 Å². The number of ether oxygens (including phenoxy) is 1. The Bertz CT molecular complexity index is 556. The maximum atomic E-state index is 11.2. The Labute approximate surface area is 137 Å². The van der Waals surface area contributed by atoms with E-state index in [1.165, 1.54) is 0 Å². The van der Waals surface area contributed by atoms with Crippen molar-refractivity contribution in [2.24, 2.45) is 0 Å². The largest absolute Gasteiger partial charge is 0.477 e. The van der Waals surface area contributed by atoms with Gasteiger partial charge in [-0.25, -0.2) is 4.79 Å². The highest BCUT2D eigenvalue weighted by Crippen LogP contribution is 2.32. The topological polar surface area (TPSA) is 160 Å². The van der Waals surface area contributed by atoms with Crippen LogP contribution in [0.5, 0.6) is 0 Å². The number of para-hydroxylation sites is 1. The van der Waals surface area contributed by atoms with Gasteiger partial charge in [-0.1, -0.05) is 18.2 Å². The molecule has 0 amide bonds. The van der Waals surface area contributed by atoms with Gasteiger partial charge >= 0.3 is 5.97 Å². The first kappa shape index (κ1) is 18.6. The zero-order valence-electron chi connectivity index (χ0n) is 12.7. The summed E-state index contributed by atoms with van der Waals surface area (Å²) in [5.74, 6) is -4.44. The van der Waals surface area contributed by atoms with Crippen LogP contribution in [0.25, 0.3) is 0 Å². The summed E-state index contributed by atoms with van der Waals surface area (Å²) in [6.07, 6.45) is -6.90. The molecule has 1 aliphatic heterocycles. The fraction of sp³-hybridized carbons (Fsp3) is 0.533. The zero-order valence-corrected chi connectivity index (χ0v) is 12.7. The molecule has 0 spiro atoms. The minimum Gasteiger partial charge on any atom is -0.477 e. The molecule has 0 aliphatic carbocycles. The lowest BCUT2D eigenvalue weighted by Gasteiger charge is -2.45. The first-order chi connectivity index (χ1) is 11.3. The molecule has 3 unspecified atom stereocenters. The van der Waals surface area contributed by atoms with Gasteiger partial charge in [-0.2, -0.15) is 0 Å². The fourth-order valence-corrected chi connectivity index (χ4v) is 2.63. The van der Waals surface area contributed by atoms with Gasteiger partial charge in [-0.3, -0.25) is 0 Å². The van der Waals surface area contributed by atoms with Crippen LogP contribution >= 0.6 is 0 Å². The summed E-state index contributed by atoms with van der Waals surface area (Å²) in [6, 6.07) is 7.54. The first-order valence-electron chi connectivity index (χ1n) is 7.38. The van der Waals surface area contributed by atoms with Gasteiger partial charge in [0.25, 0.3) is 5.79 Å². The summed E-state index contributed by atoms with van der Waals surface area (Å²) in [5.41, 5.74) is 0.557. The summed E-state index contributed by atoms with van der Waals surface area (Å²) < 4.78 is 5.09. The fourth-order valence-electron chi connectivity index (χ4n) is 2.63. The van der Waals surface area contributed by atoms with Crippen molar-refractivity contribution in [3.8, 4) is 0 Å². The lowest BCUT2D eigenvalue weighted by Crippen LogP contribution is -2.65. The molecule has 9 nitrogen and oxygen atoms in total. The molecule has 0 radical (unpaired) electrons. The molecule has 2 rings (SSSR count). The van der Waals surface area contributed by atoms with Crippen LogP contribution in [0.3, 0.4) is 0 Å². The van der Waals surface area contributed by atoms with Crippen molar-refractivity contribution in [2.75, 3.05) is 11.9 Å². The predicted molar refractivity (Wildman–Crippen MR) is 81.0 cm³/mol. The van der Waals surface area contributed by atoms with Crippen molar-refractivity contribution < 1.29 is 40.2 Å². The molecule has 0 bridgehead atoms. The summed E-state index contributed by atoms with van der Waals surface area (Å²) in [5, 5.41) is 61.0. The number of benzene rings is 1. The lowest BCUT2D eigenvalue weighted by atomic mass is 9.88. The molecule has 1 fully saturated rings. The number of aliphatic hydroxyl groups excluding tert-OH is 4. The molecule has 7 N–H and O–H groups in total. The number of aliphatic hydroxyl groups is 5. The van der Waals surface area contributed by atoms with Gasteiger partial charge in [0, 0.05) is 12.1 Å². The van der Waals surface area contributed by atoms with E-state index in [9.17, 15) is 25.2 Å². The average molecular weight is 343 g/mol. The average Bonchev–Trinajstić information content (AvgIpc) is 2.56. The molecule has 1 saturated heterocycles. The van der Waals surface area contributed by atoms with Crippen LogP contribution in [0.1, 0.15) is 6.42 Å². The summed E-state index contributed by atoms with van der Waals surface area (Å²) >= 11 is 0. The maximum absolute atomic E-state index is 11.2. The third-order valence-corrected chi connectivity index (χ3v) is 3.94. The molecule has 1 heterocycles. The van der Waals surface area contributed by atoms with Gasteiger partial charge in [-0.05, 0) is 12.1 Å². The second kappa shape index (κ2) is 7.43. The maximum Gasteiger partial charge on any atom is 0.364 e. The molecule has 24 heavy (non-hydrogen) atoms. The molecule has 1 aliphatic rings. The molecule has 0 aromatic heterocycles. The minimum absolute atomic E-state index is 0.557. The van der Waals surface area contributed by atoms with Crippen molar-refractivity contribution in [1.82, 2.24) is 0 Å². The van der Waals surface area contributed by atoms with Gasteiger partial charge in [0.2, 0.25) is 0 Å². The highest BCUT2D eigenvalue weighted by atomic mass is 16.7. The standard InChI is InChI=1S/C15H21NO8/c17-7-10(19)12(20)13-11(16-8-4-2-1-3-5-8)9(18)6-15(23,24-13)14(21)22/h1-5,9-13,16-20,23H,6-7H2,(H,21,22)/t9-,10?,11+,12?,13+,15?/m0/s1. The van der Waals surface area contributed by atoms with E-state index in [4.69, 9.17) is 14.9 Å². The van der Waals surface area contributed by atoms with Crippen molar-refractivity contribution in [1.29, 1.82) is 0 Å². The van der Waals surface area contributed by atoms with Gasteiger partial charge < -0.3 is 40.7 Å². The number of carboxylic acid groups (broad SMARTS) is 1. The molecule has 9 heteroatoms. The van der Waals surface area contributed by atoms with Crippen LogP contribution in [0.4, 0.5) is 5.69 Å². The number of rotatable bonds is 6. The minimum atomic E-state index is -2.71. The number of hydrogen-bond donors (Lipinski definition) is 7. The molecule has 6 atom stereocenters. The van der Waals surface area contributed by atoms with Crippen LogP contribution in [0.15, 0.2) is 30.3 Å². The van der Waals surface area contributed by atoms with E-state index >= 15 is 0 Å².